The van der Waals surface area contributed by atoms with Crippen molar-refractivity contribution in [1.82, 2.24) is 5.32 Å². The lowest BCUT2D eigenvalue weighted by Crippen LogP contribution is -2.26. The fourth-order valence-corrected chi connectivity index (χ4v) is 3.33. The Bertz CT molecular complexity index is 351. The van der Waals surface area contributed by atoms with E-state index in [0.29, 0.717) is 0 Å². The van der Waals surface area contributed by atoms with Crippen molar-refractivity contribution in [2.75, 3.05) is 7.05 Å². The molecule has 0 amide bonds. The van der Waals surface area contributed by atoms with E-state index in [9.17, 15) is 0 Å². The standard InChI is InChI=1S/C15H22BrN/c1-17-14-8-4-2-6-12(11-14)10-13-7-3-5-9-15(13)16/h3,5,7,9,12,14,17H,2,4,6,8,10-11H2,1H3. The Labute approximate surface area is 113 Å². The molecule has 1 fully saturated rings. The van der Waals surface area contributed by atoms with E-state index in [1.165, 1.54) is 48.6 Å². The lowest BCUT2D eigenvalue weighted by molar-refractivity contribution is 0.400. The summed E-state index contributed by atoms with van der Waals surface area (Å²) in [4.78, 5) is 0. The molecule has 0 aliphatic heterocycles. The predicted molar refractivity (Wildman–Crippen MR) is 77.3 cm³/mol. The van der Waals surface area contributed by atoms with Gasteiger partial charge in [-0.25, -0.2) is 0 Å². The number of nitrogens with one attached hydrogen (secondary N) is 1. The largest absolute Gasteiger partial charge is 0.317 e. The van der Waals surface area contributed by atoms with Crippen LogP contribution in [0.3, 0.4) is 0 Å². The second-order valence-corrected chi connectivity index (χ2v) is 6.02. The SMILES string of the molecule is CNC1CCCCC(Cc2ccccc2Br)C1. The molecule has 0 bridgehead atoms. The maximum Gasteiger partial charge on any atom is 0.0207 e. The van der Waals surface area contributed by atoms with Crippen LogP contribution in [-0.4, -0.2) is 13.1 Å². The summed E-state index contributed by atoms with van der Waals surface area (Å²) >= 11 is 3.66. The number of hydrogen-bond donors (Lipinski definition) is 1. The van der Waals surface area contributed by atoms with Crippen LogP contribution in [0, 0.1) is 5.92 Å². The van der Waals surface area contributed by atoms with Gasteiger partial charge < -0.3 is 5.32 Å². The Morgan fingerprint density at radius 2 is 2.00 bits per heavy atom. The van der Waals surface area contributed by atoms with Gasteiger partial charge in [0.05, 0.1) is 0 Å². The van der Waals surface area contributed by atoms with Gasteiger partial charge in [-0.05, 0) is 43.9 Å². The average molecular weight is 296 g/mol. The summed E-state index contributed by atoms with van der Waals surface area (Å²) in [5, 5.41) is 3.46. The molecule has 0 heterocycles. The van der Waals surface area contributed by atoms with E-state index in [1.807, 2.05) is 0 Å². The zero-order chi connectivity index (χ0) is 12.1. The lowest BCUT2D eigenvalue weighted by atomic mass is 9.91. The third-order valence-corrected chi connectivity index (χ3v) is 4.68. The average Bonchev–Trinajstić information content (AvgIpc) is 2.57. The Balaban J connectivity index is 2.00. The quantitative estimate of drug-likeness (QED) is 0.826. The summed E-state index contributed by atoms with van der Waals surface area (Å²) < 4.78 is 1.27. The molecule has 2 heteroatoms. The van der Waals surface area contributed by atoms with Crippen LogP contribution < -0.4 is 5.32 Å². The Morgan fingerprint density at radius 1 is 1.24 bits per heavy atom. The molecule has 1 aliphatic rings. The molecule has 0 spiro atoms. The predicted octanol–water partition coefficient (Wildman–Crippen LogP) is 4.16. The van der Waals surface area contributed by atoms with Gasteiger partial charge in [-0.2, -0.15) is 0 Å². The smallest absolute Gasteiger partial charge is 0.0207 e. The molecule has 1 aromatic rings. The summed E-state index contributed by atoms with van der Waals surface area (Å²) in [6, 6.07) is 9.37. The van der Waals surface area contributed by atoms with E-state index in [4.69, 9.17) is 0 Å². The fourth-order valence-electron chi connectivity index (χ4n) is 2.88. The molecule has 1 aromatic carbocycles. The highest BCUT2D eigenvalue weighted by Crippen LogP contribution is 2.28. The molecule has 2 unspecified atom stereocenters. The van der Waals surface area contributed by atoms with Gasteiger partial charge in [0.25, 0.3) is 0 Å². The minimum absolute atomic E-state index is 0.727. The molecular formula is C15H22BrN. The Morgan fingerprint density at radius 3 is 2.76 bits per heavy atom. The van der Waals surface area contributed by atoms with Crippen LogP contribution in [0.5, 0.6) is 0 Å². The number of rotatable bonds is 3. The summed E-state index contributed by atoms with van der Waals surface area (Å²) in [5.41, 5.74) is 1.47. The van der Waals surface area contributed by atoms with Gasteiger partial charge in [-0.3, -0.25) is 0 Å². The molecule has 1 aliphatic carbocycles. The van der Waals surface area contributed by atoms with Gasteiger partial charge in [0.15, 0.2) is 0 Å². The number of benzene rings is 1. The zero-order valence-electron chi connectivity index (χ0n) is 10.6. The topological polar surface area (TPSA) is 12.0 Å². The van der Waals surface area contributed by atoms with Crippen LogP contribution in [-0.2, 0) is 6.42 Å². The maximum absolute atomic E-state index is 3.66. The molecule has 0 aromatic heterocycles. The molecule has 1 saturated carbocycles. The molecule has 1 nitrogen and oxygen atoms in total. The van der Waals surface area contributed by atoms with Gasteiger partial charge in [0.2, 0.25) is 0 Å². The second kappa shape index (κ2) is 6.55. The van der Waals surface area contributed by atoms with Crippen molar-refractivity contribution in [1.29, 1.82) is 0 Å². The molecule has 0 radical (unpaired) electrons. The molecule has 17 heavy (non-hydrogen) atoms. The van der Waals surface area contributed by atoms with Crippen molar-refractivity contribution in [3.63, 3.8) is 0 Å². The normalized spacial score (nSPS) is 25.5. The van der Waals surface area contributed by atoms with Crippen LogP contribution >= 0.6 is 15.9 Å². The van der Waals surface area contributed by atoms with Crippen LogP contribution in [0.4, 0.5) is 0 Å². The van der Waals surface area contributed by atoms with E-state index >= 15 is 0 Å². The number of halogens is 1. The van der Waals surface area contributed by atoms with Gasteiger partial charge in [0, 0.05) is 10.5 Å². The van der Waals surface area contributed by atoms with E-state index in [2.05, 4.69) is 52.6 Å². The Kier molecular flexibility index (Phi) is 5.05. The van der Waals surface area contributed by atoms with Crippen molar-refractivity contribution in [2.45, 2.75) is 44.6 Å². The van der Waals surface area contributed by atoms with E-state index in [-0.39, 0.29) is 0 Å². The molecule has 2 atom stereocenters. The lowest BCUT2D eigenvalue weighted by Gasteiger charge is -2.20. The number of hydrogen-bond acceptors (Lipinski definition) is 1. The van der Waals surface area contributed by atoms with Crippen molar-refractivity contribution in [3.05, 3.63) is 34.3 Å². The van der Waals surface area contributed by atoms with Gasteiger partial charge >= 0.3 is 0 Å². The highest BCUT2D eigenvalue weighted by atomic mass is 79.9. The summed E-state index contributed by atoms with van der Waals surface area (Å²) in [6.07, 6.45) is 8.07. The summed E-state index contributed by atoms with van der Waals surface area (Å²) in [6.45, 7) is 0. The van der Waals surface area contributed by atoms with Crippen molar-refractivity contribution in [3.8, 4) is 0 Å². The first-order valence-electron chi connectivity index (χ1n) is 6.70. The monoisotopic (exact) mass is 295 g/mol. The molecule has 0 saturated heterocycles. The summed E-state index contributed by atoms with van der Waals surface area (Å²) in [5.74, 6) is 0.841. The minimum Gasteiger partial charge on any atom is -0.317 e. The van der Waals surface area contributed by atoms with Crippen LogP contribution in [0.1, 0.15) is 37.7 Å². The van der Waals surface area contributed by atoms with E-state index in [0.717, 1.165) is 12.0 Å². The van der Waals surface area contributed by atoms with Gasteiger partial charge in [-0.1, -0.05) is 53.4 Å². The third kappa shape index (κ3) is 3.82. The van der Waals surface area contributed by atoms with Crippen LogP contribution in [0.15, 0.2) is 28.7 Å². The molecular weight excluding hydrogens is 274 g/mol. The first kappa shape index (κ1) is 13.1. The summed E-state index contributed by atoms with van der Waals surface area (Å²) in [7, 11) is 2.10. The molecule has 1 N–H and O–H groups in total. The first-order valence-corrected chi connectivity index (χ1v) is 7.49. The molecule has 94 valence electrons. The van der Waals surface area contributed by atoms with E-state index < -0.39 is 0 Å². The van der Waals surface area contributed by atoms with Gasteiger partial charge in [0.1, 0.15) is 0 Å². The Hall–Kier alpha value is -0.340. The highest BCUT2D eigenvalue weighted by Gasteiger charge is 2.19. The minimum atomic E-state index is 0.727. The van der Waals surface area contributed by atoms with Gasteiger partial charge in [-0.15, -0.1) is 0 Å². The van der Waals surface area contributed by atoms with Crippen molar-refractivity contribution >= 4 is 15.9 Å². The highest BCUT2D eigenvalue weighted by molar-refractivity contribution is 9.10. The van der Waals surface area contributed by atoms with Crippen molar-refractivity contribution in [2.24, 2.45) is 5.92 Å². The maximum atomic E-state index is 3.66. The first-order chi connectivity index (χ1) is 8.29. The van der Waals surface area contributed by atoms with Crippen LogP contribution in [0.25, 0.3) is 0 Å². The fraction of sp³-hybridized carbons (Fsp3) is 0.600. The second-order valence-electron chi connectivity index (χ2n) is 5.17. The van der Waals surface area contributed by atoms with E-state index in [1.54, 1.807) is 0 Å². The third-order valence-electron chi connectivity index (χ3n) is 3.91. The van der Waals surface area contributed by atoms with Crippen molar-refractivity contribution < 1.29 is 0 Å². The zero-order valence-corrected chi connectivity index (χ0v) is 12.2. The molecule has 2 rings (SSSR count). The van der Waals surface area contributed by atoms with Crippen LogP contribution in [0.2, 0.25) is 0 Å².